The molecule has 0 bridgehead atoms. The number of rotatable bonds is 4. The zero-order valence-electron chi connectivity index (χ0n) is 32.2. The van der Waals surface area contributed by atoms with Gasteiger partial charge in [0.05, 0.1) is 17.1 Å². The quantitative estimate of drug-likeness (QED) is 0.179. The average molecular weight is 719 g/mol. The van der Waals surface area contributed by atoms with Crippen molar-refractivity contribution in [1.82, 2.24) is 0 Å². The molecule has 9 aromatic rings. The molecular formula is C54H42N2. The number of fused-ring (bicyclic) bond motifs is 7. The van der Waals surface area contributed by atoms with E-state index in [9.17, 15) is 0 Å². The maximum absolute atomic E-state index is 2.57. The number of benzene rings is 9. The fourth-order valence-corrected chi connectivity index (χ4v) is 9.76. The van der Waals surface area contributed by atoms with E-state index in [-0.39, 0.29) is 10.8 Å². The SMILES string of the molecule is CC1(C)c2ccccc2N2c3ccc(N(c4ccc5ccccc5c4)c4ccc5ccccc5c4)cc3C(C)(C)c3cc(-c4cccc5ccccc45)cc1c32. The fourth-order valence-electron chi connectivity index (χ4n) is 9.76. The molecule has 2 heterocycles. The summed E-state index contributed by atoms with van der Waals surface area (Å²) in [5.74, 6) is 0. The molecule has 268 valence electrons. The van der Waals surface area contributed by atoms with Gasteiger partial charge in [0.15, 0.2) is 0 Å². The molecule has 0 saturated heterocycles. The normalized spacial score (nSPS) is 14.7. The standard InChI is InChI=1S/C54H42N2/c1-53(2)46-22-11-12-23-50(46)56-51-29-28-43(55(41-26-24-35-14-5-7-17-38(35)30-41)42-27-25-36-15-6-8-18-39(36)31-42)34-47(51)54(3,4)49-33-40(32-48(53)52(49)56)45-21-13-19-37-16-9-10-20-44(37)45/h5-34H,1-4H3. The summed E-state index contributed by atoms with van der Waals surface area (Å²) in [6.45, 7) is 9.67. The molecule has 56 heavy (non-hydrogen) atoms. The Morgan fingerprint density at radius 2 is 0.875 bits per heavy atom. The largest absolute Gasteiger partial charge is 0.310 e. The smallest absolute Gasteiger partial charge is 0.0544 e. The molecule has 0 N–H and O–H groups in total. The lowest BCUT2D eigenvalue weighted by Crippen LogP contribution is -2.38. The zero-order chi connectivity index (χ0) is 37.8. The van der Waals surface area contributed by atoms with Gasteiger partial charge in [0, 0.05) is 27.9 Å². The minimum Gasteiger partial charge on any atom is -0.310 e. The zero-order valence-corrected chi connectivity index (χ0v) is 32.2. The van der Waals surface area contributed by atoms with Crippen molar-refractivity contribution in [1.29, 1.82) is 0 Å². The van der Waals surface area contributed by atoms with Crippen LogP contribution in [0.3, 0.4) is 0 Å². The van der Waals surface area contributed by atoms with Crippen LogP contribution in [0.4, 0.5) is 34.1 Å². The lowest BCUT2D eigenvalue weighted by molar-refractivity contribution is 0.598. The van der Waals surface area contributed by atoms with Crippen LogP contribution in [0, 0.1) is 0 Å². The third-order valence-corrected chi connectivity index (χ3v) is 12.7. The summed E-state index contributed by atoms with van der Waals surface area (Å²) in [6.07, 6.45) is 0. The second-order valence-electron chi connectivity index (χ2n) is 16.6. The average Bonchev–Trinajstić information content (AvgIpc) is 3.23. The molecule has 2 aliphatic rings. The Morgan fingerprint density at radius 3 is 1.55 bits per heavy atom. The maximum Gasteiger partial charge on any atom is 0.0544 e. The highest BCUT2D eigenvalue weighted by atomic mass is 15.2. The Morgan fingerprint density at radius 1 is 0.375 bits per heavy atom. The predicted molar refractivity (Wildman–Crippen MR) is 238 cm³/mol. The number of para-hydroxylation sites is 1. The molecule has 0 amide bonds. The van der Waals surface area contributed by atoms with E-state index in [1.54, 1.807) is 0 Å². The second-order valence-corrected chi connectivity index (χ2v) is 16.6. The molecule has 2 aliphatic heterocycles. The van der Waals surface area contributed by atoms with Gasteiger partial charge in [-0.3, -0.25) is 0 Å². The molecular weight excluding hydrogens is 677 g/mol. The van der Waals surface area contributed by atoms with Crippen LogP contribution in [0.15, 0.2) is 182 Å². The van der Waals surface area contributed by atoms with Crippen molar-refractivity contribution in [2.24, 2.45) is 0 Å². The number of anilines is 6. The second kappa shape index (κ2) is 11.9. The molecule has 0 aliphatic carbocycles. The Hall–Kier alpha value is -6.64. The van der Waals surface area contributed by atoms with Crippen LogP contribution in [0.2, 0.25) is 0 Å². The van der Waals surface area contributed by atoms with E-state index in [4.69, 9.17) is 0 Å². The fraction of sp³-hybridized carbons (Fsp3) is 0.111. The van der Waals surface area contributed by atoms with Crippen molar-refractivity contribution in [2.75, 3.05) is 9.80 Å². The van der Waals surface area contributed by atoms with E-state index in [1.165, 1.54) is 82.8 Å². The van der Waals surface area contributed by atoms with Gasteiger partial charge in [-0.05, 0) is 126 Å². The molecule has 0 fully saturated rings. The van der Waals surface area contributed by atoms with Gasteiger partial charge in [-0.25, -0.2) is 0 Å². The predicted octanol–water partition coefficient (Wildman–Crippen LogP) is 15.0. The van der Waals surface area contributed by atoms with Crippen molar-refractivity contribution >= 4 is 66.4 Å². The van der Waals surface area contributed by atoms with Gasteiger partial charge in [-0.15, -0.1) is 0 Å². The molecule has 11 rings (SSSR count). The Balaban J connectivity index is 1.17. The van der Waals surface area contributed by atoms with Gasteiger partial charge in [0.1, 0.15) is 0 Å². The molecule has 0 aromatic heterocycles. The number of hydrogen-bond acceptors (Lipinski definition) is 2. The summed E-state index contributed by atoms with van der Waals surface area (Å²) in [4.78, 5) is 5.01. The van der Waals surface area contributed by atoms with Gasteiger partial charge in [-0.1, -0.05) is 149 Å². The van der Waals surface area contributed by atoms with E-state index in [2.05, 4.69) is 219 Å². The molecule has 0 saturated carbocycles. The highest BCUT2D eigenvalue weighted by Gasteiger charge is 2.46. The first-order chi connectivity index (χ1) is 27.3. The van der Waals surface area contributed by atoms with Crippen LogP contribution in [0.5, 0.6) is 0 Å². The first-order valence-electron chi connectivity index (χ1n) is 19.8. The summed E-state index contributed by atoms with van der Waals surface area (Å²) in [5.41, 5.74) is 14.6. The van der Waals surface area contributed by atoms with Crippen molar-refractivity contribution in [3.8, 4) is 11.1 Å². The Labute approximate surface area is 328 Å². The highest BCUT2D eigenvalue weighted by molar-refractivity contribution is 6.00. The Bertz CT molecular complexity index is 2970. The van der Waals surface area contributed by atoms with E-state index in [0.29, 0.717) is 0 Å². The van der Waals surface area contributed by atoms with Crippen LogP contribution < -0.4 is 9.80 Å². The van der Waals surface area contributed by atoms with Crippen LogP contribution >= 0.6 is 0 Å². The monoisotopic (exact) mass is 718 g/mol. The minimum absolute atomic E-state index is 0.200. The highest BCUT2D eigenvalue weighted by Crippen LogP contribution is 2.61. The molecule has 0 radical (unpaired) electrons. The Kier molecular flexibility index (Phi) is 6.98. The van der Waals surface area contributed by atoms with E-state index >= 15 is 0 Å². The third-order valence-electron chi connectivity index (χ3n) is 12.7. The van der Waals surface area contributed by atoms with Crippen LogP contribution in [-0.4, -0.2) is 0 Å². The minimum atomic E-state index is -0.312. The van der Waals surface area contributed by atoms with Gasteiger partial charge in [-0.2, -0.15) is 0 Å². The third kappa shape index (κ3) is 4.75. The summed E-state index contributed by atoms with van der Waals surface area (Å²) in [5, 5.41) is 7.47. The maximum atomic E-state index is 2.57. The van der Waals surface area contributed by atoms with Crippen LogP contribution in [0.1, 0.15) is 49.9 Å². The van der Waals surface area contributed by atoms with Crippen molar-refractivity contribution in [3.05, 3.63) is 204 Å². The molecule has 0 unspecified atom stereocenters. The molecule has 2 heteroatoms. The van der Waals surface area contributed by atoms with Gasteiger partial charge in [0.2, 0.25) is 0 Å². The van der Waals surface area contributed by atoms with Gasteiger partial charge >= 0.3 is 0 Å². The lowest BCUT2D eigenvalue weighted by Gasteiger charge is -2.50. The van der Waals surface area contributed by atoms with E-state index < -0.39 is 0 Å². The topological polar surface area (TPSA) is 6.48 Å². The molecule has 9 aromatic carbocycles. The van der Waals surface area contributed by atoms with Gasteiger partial charge in [0.25, 0.3) is 0 Å². The van der Waals surface area contributed by atoms with Gasteiger partial charge < -0.3 is 9.80 Å². The summed E-state index contributed by atoms with van der Waals surface area (Å²) < 4.78 is 0. The first kappa shape index (κ1) is 32.8. The summed E-state index contributed by atoms with van der Waals surface area (Å²) >= 11 is 0. The van der Waals surface area contributed by atoms with E-state index in [0.717, 1.165) is 17.1 Å². The van der Waals surface area contributed by atoms with Crippen molar-refractivity contribution in [3.63, 3.8) is 0 Å². The summed E-state index contributed by atoms with van der Waals surface area (Å²) in [6, 6.07) is 67.7. The molecule has 0 spiro atoms. The summed E-state index contributed by atoms with van der Waals surface area (Å²) in [7, 11) is 0. The van der Waals surface area contributed by atoms with Crippen molar-refractivity contribution < 1.29 is 0 Å². The number of nitrogens with zero attached hydrogens (tertiary/aromatic N) is 2. The lowest BCUT2D eigenvalue weighted by atomic mass is 9.65. The van der Waals surface area contributed by atoms with Crippen molar-refractivity contribution in [2.45, 2.75) is 38.5 Å². The number of hydrogen-bond donors (Lipinski definition) is 0. The van der Waals surface area contributed by atoms with Crippen LogP contribution in [0.25, 0.3) is 43.4 Å². The van der Waals surface area contributed by atoms with Crippen LogP contribution in [-0.2, 0) is 10.8 Å². The first-order valence-corrected chi connectivity index (χ1v) is 19.8. The molecule has 0 atom stereocenters. The molecule has 2 nitrogen and oxygen atoms in total. The van der Waals surface area contributed by atoms with E-state index in [1.807, 2.05) is 0 Å².